The van der Waals surface area contributed by atoms with Crippen LogP contribution in [-0.4, -0.2) is 19.9 Å². The molecule has 0 aliphatic heterocycles. The van der Waals surface area contributed by atoms with Gasteiger partial charge in [0, 0.05) is 11.4 Å². The summed E-state index contributed by atoms with van der Waals surface area (Å²) in [6, 6.07) is 16.1. The maximum Gasteiger partial charge on any atom is 0.157 e. The van der Waals surface area contributed by atoms with Crippen LogP contribution in [0.3, 0.4) is 0 Å². The predicted molar refractivity (Wildman–Crippen MR) is 103 cm³/mol. The zero-order valence-corrected chi connectivity index (χ0v) is 15.3. The van der Waals surface area contributed by atoms with Crippen molar-refractivity contribution >= 4 is 11.1 Å². The molecule has 0 radical (unpaired) electrons. The van der Waals surface area contributed by atoms with E-state index < -0.39 is 11.1 Å². The molecule has 0 saturated heterocycles. The number of halogens is 1. The molecular weight excluding hydrogens is 351 g/mol. The molecule has 3 N–H and O–H groups in total. The van der Waals surface area contributed by atoms with Crippen molar-refractivity contribution in [2.24, 2.45) is 5.73 Å². The molecule has 0 fully saturated rings. The van der Waals surface area contributed by atoms with Crippen molar-refractivity contribution < 1.29 is 13.2 Å². The third-order valence-electron chi connectivity index (χ3n) is 4.39. The van der Waals surface area contributed by atoms with Gasteiger partial charge in [0.25, 0.3) is 0 Å². The largest absolute Gasteiger partial charge is 0.330 e. The van der Waals surface area contributed by atoms with Gasteiger partial charge < -0.3 is 14.9 Å². The van der Waals surface area contributed by atoms with Gasteiger partial charge in [0.2, 0.25) is 0 Å². The van der Waals surface area contributed by atoms with Crippen molar-refractivity contribution in [3.63, 3.8) is 0 Å². The van der Waals surface area contributed by atoms with Crippen LogP contribution in [0.15, 0.2) is 54.6 Å². The molecule has 3 rings (SSSR count). The highest BCUT2D eigenvalue weighted by Gasteiger charge is 2.15. The second-order valence-corrected chi connectivity index (χ2v) is 7.09. The summed E-state index contributed by atoms with van der Waals surface area (Å²) in [4.78, 5) is 0. The Kier molecular flexibility index (Phi) is 5.66. The fourth-order valence-corrected chi connectivity index (χ4v) is 3.59. The van der Waals surface area contributed by atoms with Crippen LogP contribution in [0.25, 0.3) is 16.9 Å². The van der Waals surface area contributed by atoms with Gasteiger partial charge in [0.1, 0.15) is 5.82 Å². The molecule has 4 nitrogen and oxygen atoms in total. The van der Waals surface area contributed by atoms with Gasteiger partial charge >= 0.3 is 0 Å². The van der Waals surface area contributed by atoms with Crippen molar-refractivity contribution in [3.05, 3.63) is 77.2 Å². The van der Waals surface area contributed by atoms with Crippen molar-refractivity contribution in [2.75, 3.05) is 6.54 Å². The smallest absolute Gasteiger partial charge is 0.157 e. The number of nitrogens with zero attached hydrogens (tertiary/aromatic N) is 1. The van der Waals surface area contributed by atoms with Crippen LogP contribution in [0.2, 0.25) is 0 Å². The van der Waals surface area contributed by atoms with Crippen molar-refractivity contribution in [1.29, 1.82) is 0 Å². The molecule has 0 amide bonds. The van der Waals surface area contributed by atoms with E-state index >= 15 is 0 Å². The van der Waals surface area contributed by atoms with E-state index in [1.807, 2.05) is 31.2 Å². The number of hydrogen-bond acceptors (Lipinski definition) is 2. The van der Waals surface area contributed by atoms with E-state index in [9.17, 15) is 8.60 Å². The van der Waals surface area contributed by atoms with Crippen molar-refractivity contribution in [2.45, 2.75) is 19.1 Å². The van der Waals surface area contributed by atoms with E-state index in [1.165, 1.54) is 12.1 Å². The quantitative estimate of drug-likeness (QED) is 0.647. The first-order chi connectivity index (χ1) is 12.5. The highest BCUT2D eigenvalue weighted by molar-refractivity contribution is 7.78. The van der Waals surface area contributed by atoms with E-state index in [-0.39, 0.29) is 11.6 Å². The van der Waals surface area contributed by atoms with Gasteiger partial charge in [-0.2, -0.15) is 0 Å². The van der Waals surface area contributed by atoms with E-state index in [2.05, 4.69) is 10.6 Å². The summed E-state index contributed by atoms with van der Waals surface area (Å²) in [7, 11) is 0. The Morgan fingerprint density at radius 3 is 2.35 bits per heavy atom. The van der Waals surface area contributed by atoms with Crippen LogP contribution in [0.5, 0.6) is 0 Å². The fraction of sp³-hybridized carbons (Fsp3) is 0.200. The van der Waals surface area contributed by atoms with Crippen LogP contribution < -0.4 is 5.73 Å². The van der Waals surface area contributed by atoms with Crippen LogP contribution in [0, 0.1) is 12.7 Å². The molecule has 136 valence electrons. The Balaban J connectivity index is 2.09. The average molecular weight is 372 g/mol. The fourth-order valence-electron chi connectivity index (χ4n) is 3.12. The first-order valence-corrected chi connectivity index (χ1v) is 9.61. The molecule has 0 saturated carbocycles. The lowest BCUT2D eigenvalue weighted by Gasteiger charge is -2.13. The minimum Gasteiger partial charge on any atom is -0.330 e. The molecule has 3 aromatic rings. The average Bonchev–Trinajstić information content (AvgIpc) is 2.93. The highest BCUT2D eigenvalue weighted by atomic mass is 32.2. The summed E-state index contributed by atoms with van der Waals surface area (Å²) >= 11 is -1.86. The Bertz CT molecular complexity index is 918. The van der Waals surface area contributed by atoms with Crippen LogP contribution in [0.4, 0.5) is 4.39 Å². The lowest BCUT2D eigenvalue weighted by Crippen LogP contribution is -2.04. The standard InChI is InChI=1S/C20H21FN2O2S/c1-14-17(10-11-22)12-20(23(14)19-8-6-18(21)7-9-19)16-4-2-15(3-5-16)13-26(24)25/h2-9,12H,10-11,13,22H2,1H3,(H,24,25). The molecule has 1 unspecified atom stereocenters. The minimum atomic E-state index is -1.86. The zero-order valence-electron chi connectivity index (χ0n) is 14.5. The molecule has 1 heterocycles. The van der Waals surface area contributed by atoms with E-state index in [0.29, 0.717) is 6.54 Å². The van der Waals surface area contributed by atoms with Gasteiger partial charge in [-0.1, -0.05) is 24.3 Å². The van der Waals surface area contributed by atoms with Crippen LogP contribution in [-0.2, 0) is 23.3 Å². The van der Waals surface area contributed by atoms with Gasteiger partial charge in [-0.3, -0.25) is 0 Å². The summed E-state index contributed by atoms with van der Waals surface area (Å²) in [5.41, 5.74) is 11.6. The first-order valence-electron chi connectivity index (χ1n) is 8.33. The van der Waals surface area contributed by atoms with Gasteiger partial charge in [-0.25, -0.2) is 8.60 Å². The molecular formula is C20H21FN2O2S. The second kappa shape index (κ2) is 7.95. The second-order valence-electron chi connectivity index (χ2n) is 6.15. The Morgan fingerprint density at radius 1 is 1.12 bits per heavy atom. The number of benzene rings is 2. The van der Waals surface area contributed by atoms with Crippen LogP contribution in [0.1, 0.15) is 16.8 Å². The summed E-state index contributed by atoms with van der Waals surface area (Å²) in [6.07, 6.45) is 0.759. The molecule has 0 bridgehead atoms. The molecule has 0 aliphatic rings. The number of rotatable bonds is 6. The Morgan fingerprint density at radius 2 is 1.77 bits per heavy atom. The molecule has 2 aromatic carbocycles. The van der Waals surface area contributed by atoms with Crippen molar-refractivity contribution in [1.82, 2.24) is 4.57 Å². The summed E-state index contributed by atoms with van der Waals surface area (Å²) in [6.45, 7) is 2.58. The highest BCUT2D eigenvalue weighted by Crippen LogP contribution is 2.30. The third-order valence-corrected chi connectivity index (χ3v) is 4.97. The Labute approximate surface area is 154 Å². The van der Waals surface area contributed by atoms with Gasteiger partial charge in [-0.15, -0.1) is 0 Å². The SMILES string of the molecule is Cc1c(CCN)cc(-c2ccc(CS(=O)O)cc2)n1-c1ccc(F)cc1. The lowest BCUT2D eigenvalue weighted by molar-refractivity contribution is 0.563. The zero-order chi connectivity index (χ0) is 18.7. The van der Waals surface area contributed by atoms with Gasteiger partial charge in [0.15, 0.2) is 11.1 Å². The maximum absolute atomic E-state index is 13.3. The molecule has 26 heavy (non-hydrogen) atoms. The van der Waals surface area contributed by atoms with Gasteiger partial charge in [0.05, 0.1) is 11.4 Å². The molecule has 1 aromatic heterocycles. The monoisotopic (exact) mass is 372 g/mol. The van der Waals surface area contributed by atoms with Crippen molar-refractivity contribution in [3.8, 4) is 16.9 Å². The Hall–Kier alpha value is -2.28. The van der Waals surface area contributed by atoms with E-state index in [4.69, 9.17) is 10.3 Å². The van der Waals surface area contributed by atoms with Gasteiger partial charge in [-0.05, 0) is 66.9 Å². The molecule has 1 atom stereocenters. The van der Waals surface area contributed by atoms with E-state index in [1.54, 1.807) is 12.1 Å². The minimum absolute atomic E-state index is 0.108. The number of nitrogens with two attached hydrogens (primary N) is 1. The summed E-state index contributed by atoms with van der Waals surface area (Å²) in [5, 5.41) is 0. The normalized spacial score (nSPS) is 12.3. The molecule has 0 aliphatic carbocycles. The summed E-state index contributed by atoms with van der Waals surface area (Å²) in [5.74, 6) is -0.167. The van der Waals surface area contributed by atoms with E-state index in [0.717, 1.165) is 40.2 Å². The first kappa shape index (κ1) is 18.5. The molecule has 0 spiro atoms. The molecule has 6 heteroatoms. The number of aromatic nitrogens is 1. The number of hydrogen-bond donors (Lipinski definition) is 2. The summed E-state index contributed by atoms with van der Waals surface area (Å²) < 4.78 is 35.4. The maximum atomic E-state index is 13.3. The van der Waals surface area contributed by atoms with Crippen LogP contribution >= 0.6 is 0 Å². The third kappa shape index (κ3) is 3.93. The lowest BCUT2D eigenvalue weighted by atomic mass is 10.1. The predicted octanol–water partition coefficient (Wildman–Crippen LogP) is 3.81. The topological polar surface area (TPSA) is 68.2 Å².